The fourth-order valence-electron chi connectivity index (χ4n) is 2.50. The van der Waals surface area contributed by atoms with Crippen LogP contribution in [-0.4, -0.2) is 21.4 Å². The molecule has 2 aromatic rings. The zero-order chi connectivity index (χ0) is 14.1. The molecule has 0 radical (unpaired) electrons. The molecule has 0 aliphatic carbocycles. The van der Waals surface area contributed by atoms with Crippen LogP contribution in [0.1, 0.15) is 18.4 Å². The van der Waals surface area contributed by atoms with E-state index in [4.69, 9.17) is 18.0 Å². The Hall–Kier alpha value is -1.95. The largest absolute Gasteiger partial charge is 0.374 e. The molecule has 1 aliphatic heterocycles. The van der Waals surface area contributed by atoms with Crippen molar-refractivity contribution in [3.63, 3.8) is 0 Å². The maximum atomic E-state index is 13.1. The Kier molecular flexibility index (Phi) is 3.40. The lowest BCUT2D eigenvalue weighted by Crippen LogP contribution is -2.22. The highest BCUT2D eigenvalue weighted by atomic mass is 32.1. The first-order valence-electron chi connectivity index (χ1n) is 6.58. The van der Waals surface area contributed by atoms with Crippen LogP contribution in [0.5, 0.6) is 0 Å². The highest BCUT2D eigenvalue weighted by molar-refractivity contribution is 7.80. The van der Waals surface area contributed by atoms with Gasteiger partial charge in [0, 0.05) is 17.7 Å². The van der Waals surface area contributed by atoms with Gasteiger partial charge >= 0.3 is 0 Å². The van der Waals surface area contributed by atoms with Gasteiger partial charge in [0.1, 0.15) is 11.6 Å². The monoisotopic (exact) mass is 290 g/mol. The quantitative estimate of drug-likeness (QED) is 0.792. The molecule has 0 atom stereocenters. The molecule has 4 nitrogen and oxygen atoms in total. The fourth-order valence-corrected chi connectivity index (χ4v) is 2.63. The first kappa shape index (κ1) is 13.1. The van der Waals surface area contributed by atoms with Crippen LogP contribution < -0.4 is 11.1 Å². The van der Waals surface area contributed by atoms with Gasteiger partial charge in [-0.2, -0.15) is 9.78 Å². The van der Waals surface area contributed by atoms with Crippen molar-refractivity contribution in [3.05, 3.63) is 35.6 Å². The van der Waals surface area contributed by atoms with Crippen LogP contribution >= 0.6 is 12.2 Å². The van der Waals surface area contributed by atoms with Crippen LogP contribution in [0.3, 0.4) is 0 Å². The number of nitrogens with zero attached hydrogens (tertiary/aromatic N) is 2. The molecular weight excluding hydrogens is 275 g/mol. The summed E-state index contributed by atoms with van der Waals surface area (Å²) >= 11 is 5.05. The number of aromatic nitrogens is 2. The Morgan fingerprint density at radius 1 is 1.30 bits per heavy atom. The topological polar surface area (TPSA) is 55.9 Å². The molecule has 1 aliphatic rings. The number of nitrogens with one attached hydrogen (secondary N) is 1. The van der Waals surface area contributed by atoms with E-state index in [2.05, 4.69) is 10.4 Å². The molecule has 1 aromatic heterocycles. The normalized spacial score (nSPS) is 14.2. The summed E-state index contributed by atoms with van der Waals surface area (Å²) in [6.45, 7) is 0.879. The van der Waals surface area contributed by atoms with Gasteiger partial charge in [-0.25, -0.2) is 4.39 Å². The number of nitrogens with two attached hydrogens (primary N) is 1. The second-order valence-electron chi connectivity index (χ2n) is 4.82. The van der Waals surface area contributed by atoms with Crippen LogP contribution in [0.2, 0.25) is 0 Å². The van der Waals surface area contributed by atoms with Crippen molar-refractivity contribution in [2.45, 2.75) is 19.3 Å². The van der Waals surface area contributed by atoms with Crippen molar-refractivity contribution in [1.82, 2.24) is 9.78 Å². The smallest absolute Gasteiger partial charge is 0.193 e. The summed E-state index contributed by atoms with van der Waals surface area (Å²) in [5, 5.41) is 8.05. The summed E-state index contributed by atoms with van der Waals surface area (Å²) in [7, 11) is 0. The predicted molar refractivity (Wildman–Crippen MR) is 81.2 cm³/mol. The molecule has 6 heteroatoms. The maximum absolute atomic E-state index is 13.1. The van der Waals surface area contributed by atoms with E-state index in [-0.39, 0.29) is 10.9 Å². The van der Waals surface area contributed by atoms with Gasteiger partial charge in [-0.15, -0.1) is 0 Å². The summed E-state index contributed by atoms with van der Waals surface area (Å²) in [5.74, 6) is 0.612. The molecule has 2 heterocycles. The average Bonchev–Trinajstić information content (AvgIpc) is 2.63. The van der Waals surface area contributed by atoms with Gasteiger partial charge < -0.3 is 11.1 Å². The molecule has 0 bridgehead atoms. The Bertz CT molecular complexity index is 648. The molecule has 20 heavy (non-hydrogen) atoms. The SMILES string of the molecule is NC(=S)n1nc(-c2ccc(F)cc2)c2c1NCCCC2. The number of rotatable bonds is 1. The fraction of sp³-hybridized carbons (Fsp3) is 0.286. The summed E-state index contributed by atoms with van der Waals surface area (Å²) in [5.41, 5.74) is 8.53. The van der Waals surface area contributed by atoms with Crippen molar-refractivity contribution >= 4 is 23.1 Å². The van der Waals surface area contributed by atoms with E-state index in [0.29, 0.717) is 0 Å². The second-order valence-corrected chi connectivity index (χ2v) is 5.23. The van der Waals surface area contributed by atoms with E-state index >= 15 is 0 Å². The van der Waals surface area contributed by atoms with E-state index < -0.39 is 0 Å². The van der Waals surface area contributed by atoms with Crippen LogP contribution in [0.15, 0.2) is 24.3 Å². The van der Waals surface area contributed by atoms with E-state index in [9.17, 15) is 4.39 Å². The van der Waals surface area contributed by atoms with Gasteiger partial charge in [-0.1, -0.05) is 0 Å². The van der Waals surface area contributed by atoms with Gasteiger partial charge in [-0.05, 0) is 55.7 Å². The molecule has 3 N–H and O–H groups in total. The molecule has 0 unspecified atom stereocenters. The van der Waals surface area contributed by atoms with Crippen LogP contribution in [0.25, 0.3) is 11.3 Å². The van der Waals surface area contributed by atoms with Gasteiger partial charge in [0.05, 0.1) is 5.69 Å². The van der Waals surface area contributed by atoms with Crippen molar-refractivity contribution in [2.75, 3.05) is 11.9 Å². The summed E-state index contributed by atoms with van der Waals surface area (Å²) < 4.78 is 14.6. The Morgan fingerprint density at radius 3 is 2.75 bits per heavy atom. The third-order valence-electron chi connectivity index (χ3n) is 3.46. The number of benzene rings is 1. The molecule has 104 valence electrons. The van der Waals surface area contributed by atoms with E-state index in [1.165, 1.54) is 12.1 Å². The number of hydrogen-bond donors (Lipinski definition) is 2. The molecule has 3 rings (SSSR count). The summed E-state index contributed by atoms with van der Waals surface area (Å²) in [6.07, 6.45) is 3.09. The number of halogens is 1. The van der Waals surface area contributed by atoms with E-state index in [1.807, 2.05) is 0 Å². The van der Waals surface area contributed by atoms with Crippen molar-refractivity contribution in [3.8, 4) is 11.3 Å². The van der Waals surface area contributed by atoms with Crippen LogP contribution in [0, 0.1) is 5.82 Å². The maximum Gasteiger partial charge on any atom is 0.193 e. The lowest BCUT2D eigenvalue weighted by Gasteiger charge is -2.06. The molecule has 0 fully saturated rings. The molecule has 1 aromatic carbocycles. The van der Waals surface area contributed by atoms with Crippen molar-refractivity contribution < 1.29 is 4.39 Å². The van der Waals surface area contributed by atoms with E-state index in [1.54, 1.807) is 16.8 Å². The lowest BCUT2D eigenvalue weighted by molar-refractivity contribution is 0.628. The van der Waals surface area contributed by atoms with Crippen LogP contribution in [-0.2, 0) is 6.42 Å². The lowest BCUT2D eigenvalue weighted by atomic mass is 10.0. The van der Waals surface area contributed by atoms with Crippen molar-refractivity contribution in [1.29, 1.82) is 0 Å². The van der Waals surface area contributed by atoms with Crippen LogP contribution in [0.4, 0.5) is 10.2 Å². The Balaban J connectivity index is 2.15. The zero-order valence-corrected chi connectivity index (χ0v) is 11.7. The minimum absolute atomic E-state index is 0.212. The van der Waals surface area contributed by atoms with Crippen molar-refractivity contribution in [2.24, 2.45) is 5.73 Å². The van der Waals surface area contributed by atoms with Gasteiger partial charge in [-0.3, -0.25) is 0 Å². The first-order valence-corrected chi connectivity index (χ1v) is 6.99. The van der Waals surface area contributed by atoms with E-state index in [0.717, 1.165) is 48.4 Å². The summed E-state index contributed by atoms with van der Waals surface area (Å²) in [6, 6.07) is 6.33. The third-order valence-corrected chi connectivity index (χ3v) is 3.63. The Labute approximate surface area is 121 Å². The highest BCUT2D eigenvalue weighted by Gasteiger charge is 2.21. The minimum Gasteiger partial charge on any atom is -0.374 e. The predicted octanol–water partition coefficient (Wildman–Crippen LogP) is 2.53. The molecule has 0 amide bonds. The number of hydrogen-bond acceptors (Lipinski definition) is 3. The van der Waals surface area contributed by atoms with Gasteiger partial charge in [0.25, 0.3) is 0 Å². The first-order chi connectivity index (χ1) is 9.66. The molecule has 0 saturated heterocycles. The average molecular weight is 290 g/mol. The third kappa shape index (κ3) is 2.27. The number of fused-ring (bicyclic) bond motifs is 1. The van der Waals surface area contributed by atoms with Gasteiger partial charge in [0.2, 0.25) is 0 Å². The van der Waals surface area contributed by atoms with Gasteiger partial charge in [0.15, 0.2) is 5.11 Å². The second kappa shape index (κ2) is 5.20. The number of thiocarbonyl (C=S) groups is 1. The number of anilines is 1. The summed E-state index contributed by atoms with van der Waals surface area (Å²) in [4.78, 5) is 0. The Morgan fingerprint density at radius 2 is 2.05 bits per heavy atom. The molecule has 0 saturated carbocycles. The molecular formula is C14H15FN4S. The minimum atomic E-state index is -0.258. The zero-order valence-electron chi connectivity index (χ0n) is 10.9. The highest BCUT2D eigenvalue weighted by Crippen LogP contribution is 2.31. The molecule has 0 spiro atoms. The standard InChI is InChI=1S/C14H15FN4S/c15-10-6-4-9(5-7-10)12-11-3-1-2-8-17-13(11)19(18-12)14(16)20/h4-7,17H,1-3,8H2,(H2,16,20).